The molecule has 31 heavy (non-hydrogen) atoms. The highest BCUT2D eigenvalue weighted by atomic mass is 32.2. The van der Waals surface area contributed by atoms with Gasteiger partial charge in [0.15, 0.2) is 5.82 Å². The van der Waals surface area contributed by atoms with Crippen LogP contribution in [0.5, 0.6) is 11.6 Å². The molecule has 0 saturated carbocycles. The van der Waals surface area contributed by atoms with Crippen molar-refractivity contribution in [2.24, 2.45) is 5.92 Å². The van der Waals surface area contributed by atoms with Crippen LogP contribution >= 0.6 is 11.8 Å². The lowest BCUT2D eigenvalue weighted by Gasteiger charge is -2.33. The molecule has 1 atom stereocenters. The number of carbonyl (C=O) groups excluding carboxylic acids is 1. The third-order valence-electron chi connectivity index (χ3n) is 5.31. The molecule has 1 aliphatic heterocycles. The number of carbonyl (C=O) groups is 1. The number of nitrogens with zero attached hydrogens (tertiary/aromatic N) is 3. The molecule has 2 heterocycles. The fourth-order valence-corrected chi connectivity index (χ4v) is 4.11. The zero-order chi connectivity index (χ0) is 21.6. The highest BCUT2D eigenvalue weighted by Gasteiger charge is 2.28. The van der Waals surface area contributed by atoms with E-state index in [1.165, 1.54) is 5.56 Å². The first kappa shape index (κ1) is 21.2. The average Bonchev–Trinajstić information content (AvgIpc) is 2.81. The summed E-state index contributed by atoms with van der Waals surface area (Å²) in [7, 11) is 0. The van der Waals surface area contributed by atoms with Gasteiger partial charge in [0.25, 0.3) is 5.88 Å². The molecule has 0 unspecified atom stereocenters. The SMILES string of the molecule is CSc1cccc(NC(=O)[C@H]2CCCN(c3nccnc3Oc3ccc(C)cc3)C2)c1. The summed E-state index contributed by atoms with van der Waals surface area (Å²) in [4.78, 5) is 25.1. The Kier molecular flexibility index (Phi) is 6.72. The van der Waals surface area contributed by atoms with E-state index in [0.717, 1.165) is 30.0 Å². The molecule has 0 spiro atoms. The Balaban J connectivity index is 1.47. The number of ether oxygens (including phenoxy) is 1. The Labute approximate surface area is 187 Å². The maximum absolute atomic E-state index is 12.9. The summed E-state index contributed by atoms with van der Waals surface area (Å²) in [5.41, 5.74) is 2.00. The number of aromatic nitrogens is 2. The maximum atomic E-state index is 12.9. The second-order valence-electron chi connectivity index (χ2n) is 7.61. The van der Waals surface area contributed by atoms with Crippen LogP contribution in [0.15, 0.2) is 65.8 Å². The van der Waals surface area contributed by atoms with Gasteiger partial charge in [-0.1, -0.05) is 23.8 Å². The average molecular weight is 435 g/mol. The Bertz CT molecular complexity index is 1040. The quantitative estimate of drug-likeness (QED) is 0.541. The second-order valence-corrected chi connectivity index (χ2v) is 8.49. The van der Waals surface area contributed by atoms with Crippen LogP contribution < -0.4 is 15.0 Å². The monoisotopic (exact) mass is 434 g/mol. The van der Waals surface area contributed by atoms with E-state index >= 15 is 0 Å². The highest BCUT2D eigenvalue weighted by Crippen LogP contribution is 2.31. The molecule has 0 bridgehead atoms. The van der Waals surface area contributed by atoms with Gasteiger partial charge in [-0.05, 0) is 56.4 Å². The van der Waals surface area contributed by atoms with E-state index in [2.05, 4.69) is 20.2 Å². The molecule has 160 valence electrons. The van der Waals surface area contributed by atoms with Gasteiger partial charge in [0.05, 0.1) is 5.92 Å². The number of piperidine rings is 1. The third kappa shape index (κ3) is 5.35. The standard InChI is InChI=1S/C24H26N4O2S/c1-17-8-10-20(11-9-17)30-24-22(25-12-13-26-24)28-14-4-5-18(16-28)23(29)27-19-6-3-7-21(15-19)31-2/h3,6-13,15,18H,4-5,14,16H2,1-2H3,(H,27,29)/t18-/m0/s1. The van der Waals surface area contributed by atoms with E-state index in [-0.39, 0.29) is 11.8 Å². The summed E-state index contributed by atoms with van der Waals surface area (Å²) in [6.07, 6.45) is 7.06. The molecule has 1 fully saturated rings. The fourth-order valence-electron chi connectivity index (χ4n) is 3.65. The van der Waals surface area contributed by atoms with E-state index in [0.29, 0.717) is 24.0 Å². The molecule has 1 aliphatic rings. The summed E-state index contributed by atoms with van der Waals surface area (Å²) in [5, 5.41) is 3.07. The van der Waals surface area contributed by atoms with E-state index in [9.17, 15) is 4.79 Å². The van der Waals surface area contributed by atoms with Crippen LogP contribution in [0.3, 0.4) is 0 Å². The summed E-state index contributed by atoms with van der Waals surface area (Å²) >= 11 is 1.66. The first-order chi connectivity index (χ1) is 15.1. The van der Waals surface area contributed by atoms with Crippen molar-refractivity contribution in [2.75, 3.05) is 29.6 Å². The Morgan fingerprint density at radius 1 is 1.16 bits per heavy atom. The van der Waals surface area contributed by atoms with Crippen molar-refractivity contribution < 1.29 is 9.53 Å². The van der Waals surface area contributed by atoms with Crippen molar-refractivity contribution in [3.63, 3.8) is 0 Å². The molecule has 1 saturated heterocycles. The van der Waals surface area contributed by atoms with E-state index in [1.807, 2.05) is 61.7 Å². The van der Waals surface area contributed by atoms with Crippen LogP contribution in [0, 0.1) is 12.8 Å². The molecule has 0 aliphatic carbocycles. The zero-order valence-corrected chi connectivity index (χ0v) is 18.6. The van der Waals surface area contributed by atoms with Crippen LogP contribution in [0.25, 0.3) is 0 Å². The minimum absolute atomic E-state index is 0.0350. The minimum Gasteiger partial charge on any atom is -0.436 e. The van der Waals surface area contributed by atoms with Gasteiger partial charge in [0.1, 0.15) is 5.75 Å². The van der Waals surface area contributed by atoms with E-state index in [1.54, 1.807) is 24.2 Å². The molecular formula is C24H26N4O2S. The Morgan fingerprint density at radius 2 is 1.97 bits per heavy atom. The Hall–Kier alpha value is -3.06. The Morgan fingerprint density at radius 3 is 2.77 bits per heavy atom. The van der Waals surface area contributed by atoms with Crippen LogP contribution in [0.1, 0.15) is 18.4 Å². The van der Waals surface area contributed by atoms with Crippen LogP contribution in [-0.4, -0.2) is 35.2 Å². The topological polar surface area (TPSA) is 67.4 Å². The summed E-state index contributed by atoms with van der Waals surface area (Å²) in [5.74, 6) is 1.76. The number of thioether (sulfide) groups is 1. The van der Waals surface area contributed by atoms with Crippen molar-refractivity contribution in [3.05, 3.63) is 66.5 Å². The molecule has 7 heteroatoms. The van der Waals surface area contributed by atoms with Gasteiger partial charge >= 0.3 is 0 Å². The number of hydrogen-bond donors (Lipinski definition) is 1. The lowest BCUT2D eigenvalue weighted by molar-refractivity contribution is -0.120. The lowest BCUT2D eigenvalue weighted by atomic mass is 9.97. The molecule has 6 nitrogen and oxygen atoms in total. The van der Waals surface area contributed by atoms with Crippen LogP contribution in [0.2, 0.25) is 0 Å². The third-order valence-corrected chi connectivity index (χ3v) is 6.04. The van der Waals surface area contributed by atoms with Crippen LogP contribution in [0.4, 0.5) is 11.5 Å². The predicted molar refractivity (Wildman–Crippen MR) is 125 cm³/mol. The highest BCUT2D eigenvalue weighted by molar-refractivity contribution is 7.98. The molecule has 1 aromatic heterocycles. The van der Waals surface area contributed by atoms with Crippen molar-refractivity contribution in [2.45, 2.75) is 24.7 Å². The second kappa shape index (κ2) is 9.83. The summed E-state index contributed by atoms with van der Waals surface area (Å²) in [6.45, 7) is 3.43. The molecular weight excluding hydrogens is 408 g/mol. The van der Waals surface area contributed by atoms with Gasteiger partial charge in [-0.25, -0.2) is 9.97 Å². The number of amides is 1. The van der Waals surface area contributed by atoms with Gasteiger partial charge < -0.3 is 15.0 Å². The van der Waals surface area contributed by atoms with Gasteiger partial charge in [0, 0.05) is 36.1 Å². The number of benzene rings is 2. The molecule has 0 radical (unpaired) electrons. The molecule has 4 rings (SSSR count). The number of anilines is 2. The minimum atomic E-state index is -0.124. The zero-order valence-electron chi connectivity index (χ0n) is 17.7. The number of nitrogens with one attached hydrogen (secondary N) is 1. The molecule has 1 amide bonds. The first-order valence-electron chi connectivity index (χ1n) is 10.4. The van der Waals surface area contributed by atoms with Crippen molar-refractivity contribution >= 4 is 29.2 Å². The van der Waals surface area contributed by atoms with Gasteiger partial charge in [0.2, 0.25) is 5.91 Å². The van der Waals surface area contributed by atoms with Crippen molar-refractivity contribution in [1.82, 2.24) is 9.97 Å². The van der Waals surface area contributed by atoms with Crippen LogP contribution in [-0.2, 0) is 4.79 Å². The number of hydrogen-bond acceptors (Lipinski definition) is 6. The number of aryl methyl sites for hydroxylation is 1. The van der Waals surface area contributed by atoms with E-state index < -0.39 is 0 Å². The molecule has 3 aromatic rings. The smallest absolute Gasteiger partial charge is 0.263 e. The number of rotatable bonds is 6. The van der Waals surface area contributed by atoms with Crippen molar-refractivity contribution in [1.29, 1.82) is 0 Å². The predicted octanol–water partition coefficient (Wildman–Crippen LogP) is 5.15. The van der Waals surface area contributed by atoms with Gasteiger partial charge in [-0.2, -0.15) is 0 Å². The summed E-state index contributed by atoms with van der Waals surface area (Å²) in [6, 6.07) is 15.8. The fraction of sp³-hybridized carbons (Fsp3) is 0.292. The lowest BCUT2D eigenvalue weighted by Crippen LogP contribution is -2.41. The maximum Gasteiger partial charge on any atom is 0.263 e. The molecule has 1 N–H and O–H groups in total. The normalized spacial score (nSPS) is 16.1. The van der Waals surface area contributed by atoms with Crippen molar-refractivity contribution in [3.8, 4) is 11.6 Å². The van der Waals surface area contributed by atoms with Gasteiger partial charge in [-0.3, -0.25) is 4.79 Å². The molecule has 2 aromatic carbocycles. The largest absolute Gasteiger partial charge is 0.436 e. The van der Waals surface area contributed by atoms with Gasteiger partial charge in [-0.15, -0.1) is 11.8 Å². The van der Waals surface area contributed by atoms with E-state index in [4.69, 9.17) is 4.74 Å². The first-order valence-corrected chi connectivity index (χ1v) is 11.6. The summed E-state index contributed by atoms with van der Waals surface area (Å²) < 4.78 is 6.02.